The summed E-state index contributed by atoms with van der Waals surface area (Å²) in [6.07, 6.45) is 2.64. The van der Waals surface area contributed by atoms with Crippen molar-refractivity contribution in [1.82, 2.24) is 0 Å². The summed E-state index contributed by atoms with van der Waals surface area (Å²) < 4.78 is 10.0. The third-order valence-corrected chi connectivity index (χ3v) is 2.23. The van der Waals surface area contributed by atoms with Gasteiger partial charge in [-0.25, -0.2) is 0 Å². The van der Waals surface area contributed by atoms with E-state index in [2.05, 4.69) is 0 Å². The van der Waals surface area contributed by atoms with E-state index in [1.807, 2.05) is 0 Å². The van der Waals surface area contributed by atoms with Crippen LogP contribution in [0.2, 0.25) is 0 Å². The van der Waals surface area contributed by atoms with Crippen molar-refractivity contribution >= 4 is 17.5 Å². The molecule has 96 valence electrons. The van der Waals surface area contributed by atoms with Gasteiger partial charge >= 0.3 is 0 Å². The Hall–Kier alpha value is -2.37. The summed E-state index contributed by atoms with van der Waals surface area (Å²) in [5.74, 6) is 0.439. The van der Waals surface area contributed by atoms with Crippen molar-refractivity contribution in [3.05, 3.63) is 33.9 Å². The fraction of sp³-hybridized carbons (Fsp3) is 0.250. The van der Waals surface area contributed by atoms with Crippen LogP contribution in [-0.2, 0) is 4.79 Å². The first-order valence-corrected chi connectivity index (χ1v) is 5.08. The number of hydrogen-bond donors (Lipinski definition) is 0. The largest absolute Gasteiger partial charge is 0.493 e. The molecule has 6 nitrogen and oxygen atoms in total. The van der Waals surface area contributed by atoms with Gasteiger partial charge in [-0.15, -0.1) is 0 Å². The lowest BCUT2D eigenvalue weighted by Gasteiger charge is -2.08. The summed E-state index contributed by atoms with van der Waals surface area (Å²) in [7, 11) is 2.83. The Kier molecular flexibility index (Phi) is 4.42. The fourth-order valence-corrected chi connectivity index (χ4v) is 1.38. The van der Waals surface area contributed by atoms with Gasteiger partial charge in [-0.05, 0) is 25.1 Å². The van der Waals surface area contributed by atoms with E-state index in [9.17, 15) is 14.9 Å². The third-order valence-electron chi connectivity index (χ3n) is 2.23. The number of rotatable bonds is 5. The second-order valence-corrected chi connectivity index (χ2v) is 3.47. The number of carbonyl (C=O) groups is 1. The van der Waals surface area contributed by atoms with Crippen molar-refractivity contribution < 1.29 is 19.2 Å². The lowest BCUT2D eigenvalue weighted by molar-refractivity contribution is -0.385. The molecule has 0 aliphatic carbocycles. The van der Waals surface area contributed by atoms with Crippen molar-refractivity contribution in [2.45, 2.75) is 6.92 Å². The van der Waals surface area contributed by atoms with Crippen molar-refractivity contribution in [1.29, 1.82) is 0 Å². The zero-order valence-electron chi connectivity index (χ0n) is 10.3. The van der Waals surface area contributed by atoms with Gasteiger partial charge in [0.2, 0.25) is 0 Å². The number of carbonyl (C=O) groups excluding carboxylic acids is 1. The zero-order chi connectivity index (χ0) is 13.7. The number of methoxy groups -OCH3 is 2. The summed E-state index contributed by atoms with van der Waals surface area (Å²) in [4.78, 5) is 21.2. The van der Waals surface area contributed by atoms with Gasteiger partial charge in [-0.3, -0.25) is 14.9 Å². The molecular formula is C12H13NO5. The predicted molar refractivity (Wildman–Crippen MR) is 65.9 cm³/mol. The zero-order valence-corrected chi connectivity index (χ0v) is 10.3. The summed E-state index contributed by atoms with van der Waals surface area (Å²) >= 11 is 0. The highest BCUT2D eigenvalue weighted by molar-refractivity contribution is 5.92. The lowest BCUT2D eigenvalue weighted by atomic mass is 10.1. The van der Waals surface area contributed by atoms with E-state index >= 15 is 0 Å². The molecular weight excluding hydrogens is 238 g/mol. The molecule has 1 aromatic rings. The van der Waals surface area contributed by atoms with Crippen LogP contribution in [0.5, 0.6) is 11.5 Å². The quantitative estimate of drug-likeness (QED) is 0.455. The Bertz CT molecular complexity index is 507. The van der Waals surface area contributed by atoms with E-state index in [-0.39, 0.29) is 22.8 Å². The molecule has 0 aliphatic rings. The number of ether oxygens (including phenoxy) is 2. The van der Waals surface area contributed by atoms with E-state index in [4.69, 9.17) is 9.47 Å². The highest BCUT2D eigenvalue weighted by atomic mass is 16.6. The number of nitrogens with zero attached hydrogens (tertiary/aromatic N) is 1. The van der Waals surface area contributed by atoms with Gasteiger partial charge in [-0.1, -0.05) is 0 Å². The monoisotopic (exact) mass is 251 g/mol. The number of hydrogen-bond acceptors (Lipinski definition) is 5. The van der Waals surface area contributed by atoms with Crippen LogP contribution in [0.4, 0.5) is 5.69 Å². The molecule has 0 spiro atoms. The Balaban J connectivity index is 3.37. The first kappa shape index (κ1) is 13.7. The molecule has 6 heteroatoms. The first-order valence-electron chi connectivity index (χ1n) is 5.08. The maximum atomic E-state index is 10.9. The van der Waals surface area contributed by atoms with Crippen LogP contribution < -0.4 is 9.47 Å². The molecule has 0 bridgehead atoms. The third kappa shape index (κ3) is 3.07. The average Bonchev–Trinajstić information content (AvgIpc) is 2.34. The molecule has 1 aromatic carbocycles. The second-order valence-electron chi connectivity index (χ2n) is 3.47. The molecule has 1 rings (SSSR count). The minimum atomic E-state index is -0.540. The highest BCUT2D eigenvalue weighted by Gasteiger charge is 2.17. The molecule has 0 heterocycles. The summed E-state index contributed by atoms with van der Waals surface area (Å²) in [6.45, 7) is 1.36. The van der Waals surface area contributed by atoms with E-state index < -0.39 is 4.92 Å². The van der Waals surface area contributed by atoms with E-state index in [1.54, 1.807) is 0 Å². The van der Waals surface area contributed by atoms with Crippen LogP contribution in [0.1, 0.15) is 12.5 Å². The smallest absolute Gasteiger partial charge is 0.280 e. The molecule has 0 aliphatic heterocycles. The number of benzene rings is 1. The summed E-state index contributed by atoms with van der Waals surface area (Å²) in [5, 5.41) is 10.9. The lowest BCUT2D eigenvalue weighted by Crippen LogP contribution is -1.97. The molecule has 0 aromatic heterocycles. The summed E-state index contributed by atoms with van der Waals surface area (Å²) in [5.41, 5.74) is 0.137. The Morgan fingerprint density at radius 2 is 1.83 bits per heavy atom. The van der Waals surface area contributed by atoms with Crippen LogP contribution in [0.3, 0.4) is 0 Å². The summed E-state index contributed by atoms with van der Waals surface area (Å²) in [6, 6.07) is 2.72. The molecule has 0 unspecified atom stereocenters. The normalized spacial score (nSPS) is 10.4. The number of nitro groups is 1. The average molecular weight is 251 g/mol. The van der Waals surface area contributed by atoms with Crippen molar-refractivity contribution in [3.63, 3.8) is 0 Å². The van der Waals surface area contributed by atoms with Gasteiger partial charge in [0.25, 0.3) is 5.69 Å². The molecule has 0 radical (unpaired) electrons. The Labute approximate surface area is 104 Å². The van der Waals surface area contributed by atoms with Gasteiger partial charge in [0.15, 0.2) is 17.3 Å². The van der Waals surface area contributed by atoms with E-state index in [0.29, 0.717) is 5.75 Å². The second kappa shape index (κ2) is 5.81. The van der Waals surface area contributed by atoms with Crippen molar-refractivity contribution in [2.24, 2.45) is 0 Å². The van der Waals surface area contributed by atoms with Crippen LogP contribution in [0.25, 0.3) is 6.08 Å². The van der Waals surface area contributed by atoms with Gasteiger partial charge in [0.05, 0.1) is 30.8 Å². The van der Waals surface area contributed by atoms with Crippen LogP contribution in [0.15, 0.2) is 18.2 Å². The fourth-order valence-electron chi connectivity index (χ4n) is 1.38. The van der Waals surface area contributed by atoms with E-state index in [0.717, 1.165) is 0 Å². The van der Waals surface area contributed by atoms with Crippen molar-refractivity contribution in [2.75, 3.05) is 14.2 Å². The number of allylic oxidation sites excluding steroid dienone is 1. The highest BCUT2D eigenvalue weighted by Crippen LogP contribution is 2.35. The standard InChI is InChI=1S/C12H13NO5/c1-8(14)4-5-9-6-11(17-2)12(18-3)7-10(9)13(15)16/h4-7H,1-3H3/b5-4+. The van der Waals surface area contributed by atoms with Gasteiger partial charge < -0.3 is 9.47 Å². The van der Waals surface area contributed by atoms with Crippen molar-refractivity contribution in [3.8, 4) is 11.5 Å². The minimum absolute atomic E-state index is 0.148. The first-order chi connectivity index (χ1) is 8.49. The maximum absolute atomic E-state index is 10.9. The predicted octanol–water partition coefficient (Wildman–Crippen LogP) is 2.21. The van der Waals surface area contributed by atoms with Crippen LogP contribution in [0, 0.1) is 10.1 Å². The molecule has 0 saturated heterocycles. The maximum Gasteiger partial charge on any atom is 0.280 e. The minimum Gasteiger partial charge on any atom is -0.493 e. The van der Waals surface area contributed by atoms with Crippen LogP contribution >= 0.6 is 0 Å². The Morgan fingerprint density at radius 3 is 2.28 bits per heavy atom. The van der Waals surface area contributed by atoms with Gasteiger partial charge in [-0.2, -0.15) is 0 Å². The number of ketones is 1. The number of nitro benzene ring substituents is 1. The van der Waals surface area contributed by atoms with E-state index in [1.165, 1.54) is 45.4 Å². The molecule has 18 heavy (non-hydrogen) atoms. The van der Waals surface area contributed by atoms with Gasteiger partial charge in [0, 0.05) is 0 Å². The molecule has 0 atom stereocenters. The van der Waals surface area contributed by atoms with Gasteiger partial charge in [0.1, 0.15) is 0 Å². The Morgan fingerprint density at radius 1 is 1.28 bits per heavy atom. The molecule has 0 fully saturated rings. The SMILES string of the molecule is COc1cc(/C=C/C(C)=O)c([N+](=O)[O-])cc1OC. The topological polar surface area (TPSA) is 78.7 Å². The molecule has 0 amide bonds. The van der Waals surface area contributed by atoms with Crippen LogP contribution in [-0.4, -0.2) is 24.9 Å². The molecule has 0 N–H and O–H groups in total. The molecule has 0 saturated carbocycles.